The Morgan fingerprint density at radius 2 is 2.00 bits per heavy atom. The van der Waals surface area contributed by atoms with Gasteiger partial charge in [0.1, 0.15) is 6.10 Å². The van der Waals surface area contributed by atoms with Gasteiger partial charge in [0.05, 0.1) is 25.9 Å². The lowest BCUT2D eigenvalue weighted by molar-refractivity contribution is -0.0364. The Labute approximate surface area is 93.1 Å². The van der Waals surface area contributed by atoms with Crippen LogP contribution < -0.4 is 0 Å². The molecule has 0 bridgehead atoms. The fourth-order valence-electron chi connectivity index (χ4n) is 0.871. The van der Waals surface area contributed by atoms with Crippen LogP contribution in [0.2, 0.25) is 0 Å². The third-order valence-electron chi connectivity index (χ3n) is 2.07. The van der Waals surface area contributed by atoms with Crippen molar-refractivity contribution < 1.29 is 14.6 Å². The van der Waals surface area contributed by atoms with Crippen molar-refractivity contribution >= 4 is 0 Å². The van der Waals surface area contributed by atoms with Gasteiger partial charge in [-0.1, -0.05) is 18.6 Å². The standard InChI is InChI=1S/C12H24O3/c1-5-11(4)15-9-12(13)8-14-7-6-10(2)3/h6,11-13H,5,7-9H2,1-4H3. The highest BCUT2D eigenvalue weighted by Gasteiger charge is 2.06. The number of hydrogen-bond acceptors (Lipinski definition) is 3. The summed E-state index contributed by atoms with van der Waals surface area (Å²) >= 11 is 0. The molecule has 0 radical (unpaired) electrons. The van der Waals surface area contributed by atoms with E-state index in [0.29, 0.717) is 19.8 Å². The van der Waals surface area contributed by atoms with Crippen molar-refractivity contribution in [1.82, 2.24) is 0 Å². The summed E-state index contributed by atoms with van der Waals surface area (Å²) in [4.78, 5) is 0. The van der Waals surface area contributed by atoms with E-state index in [9.17, 15) is 5.11 Å². The zero-order chi connectivity index (χ0) is 11.7. The van der Waals surface area contributed by atoms with Crippen LogP contribution in [0.1, 0.15) is 34.1 Å². The molecule has 0 aliphatic carbocycles. The van der Waals surface area contributed by atoms with E-state index in [-0.39, 0.29) is 6.10 Å². The minimum Gasteiger partial charge on any atom is -0.388 e. The van der Waals surface area contributed by atoms with Gasteiger partial charge in [0.15, 0.2) is 0 Å². The Morgan fingerprint density at radius 3 is 2.53 bits per heavy atom. The smallest absolute Gasteiger partial charge is 0.101 e. The van der Waals surface area contributed by atoms with E-state index in [1.807, 2.05) is 26.8 Å². The Kier molecular flexibility index (Phi) is 8.67. The Hall–Kier alpha value is -0.380. The topological polar surface area (TPSA) is 38.7 Å². The van der Waals surface area contributed by atoms with Crippen molar-refractivity contribution in [3.05, 3.63) is 11.6 Å². The monoisotopic (exact) mass is 216 g/mol. The SMILES string of the molecule is CCC(C)OCC(O)COCC=C(C)C. The number of allylic oxidation sites excluding steroid dienone is 1. The zero-order valence-electron chi connectivity index (χ0n) is 10.3. The molecule has 0 aliphatic rings. The number of ether oxygens (including phenoxy) is 2. The normalized spacial score (nSPS) is 14.7. The lowest BCUT2D eigenvalue weighted by Gasteiger charge is -2.14. The number of hydrogen-bond donors (Lipinski definition) is 1. The molecular weight excluding hydrogens is 192 g/mol. The quantitative estimate of drug-likeness (QED) is 0.499. The van der Waals surface area contributed by atoms with E-state index in [1.54, 1.807) is 0 Å². The third kappa shape index (κ3) is 9.91. The van der Waals surface area contributed by atoms with E-state index in [4.69, 9.17) is 9.47 Å². The van der Waals surface area contributed by atoms with Gasteiger partial charge in [-0.05, 0) is 27.2 Å². The summed E-state index contributed by atoms with van der Waals surface area (Å²) in [5, 5.41) is 9.49. The molecule has 90 valence electrons. The first kappa shape index (κ1) is 14.6. The molecule has 15 heavy (non-hydrogen) atoms. The largest absolute Gasteiger partial charge is 0.388 e. The lowest BCUT2D eigenvalue weighted by atomic mass is 10.3. The first-order valence-corrected chi connectivity index (χ1v) is 5.57. The van der Waals surface area contributed by atoms with Crippen LogP contribution >= 0.6 is 0 Å². The Bertz CT molecular complexity index is 174. The fraction of sp³-hybridized carbons (Fsp3) is 0.833. The zero-order valence-corrected chi connectivity index (χ0v) is 10.3. The molecule has 0 aromatic rings. The van der Waals surface area contributed by atoms with Crippen LogP contribution in [0.5, 0.6) is 0 Å². The van der Waals surface area contributed by atoms with Crippen LogP contribution in [0.4, 0.5) is 0 Å². The van der Waals surface area contributed by atoms with Gasteiger partial charge in [-0.3, -0.25) is 0 Å². The molecular formula is C12H24O3. The lowest BCUT2D eigenvalue weighted by Crippen LogP contribution is -2.24. The molecule has 0 spiro atoms. The molecule has 0 amide bonds. The van der Waals surface area contributed by atoms with Crippen LogP contribution in [-0.2, 0) is 9.47 Å². The number of rotatable bonds is 8. The second-order valence-corrected chi connectivity index (χ2v) is 4.02. The maximum Gasteiger partial charge on any atom is 0.101 e. The minimum atomic E-state index is -0.524. The highest BCUT2D eigenvalue weighted by molar-refractivity contribution is 4.92. The maximum absolute atomic E-state index is 9.49. The first-order valence-electron chi connectivity index (χ1n) is 5.57. The summed E-state index contributed by atoms with van der Waals surface area (Å²) in [6.07, 6.45) is 2.63. The minimum absolute atomic E-state index is 0.206. The molecule has 0 heterocycles. The predicted molar refractivity (Wildman–Crippen MR) is 62.0 cm³/mol. The molecule has 3 heteroatoms. The summed E-state index contributed by atoms with van der Waals surface area (Å²) < 4.78 is 10.7. The van der Waals surface area contributed by atoms with Gasteiger partial charge in [-0.15, -0.1) is 0 Å². The average Bonchev–Trinajstić information content (AvgIpc) is 2.20. The maximum atomic E-state index is 9.49. The molecule has 0 saturated carbocycles. The summed E-state index contributed by atoms with van der Waals surface area (Å²) in [5.41, 5.74) is 1.22. The van der Waals surface area contributed by atoms with Gasteiger partial charge >= 0.3 is 0 Å². The second kappa shape index (κ2) is 8.89. The molecule has 0 aliphatic heterocycles. The summed E-state index contributed by atoms with van der Waals surface area (Å²) in [6, 6.07) is 0. The van der Waals surface area contributed by atoms with Gasteiger partial charge in [0.2, 0.25) is 0 Å². The van der Waals surface area contributed by atoms with E-state index >= 15 is 0 Å². The third-order valence-corrected chi connectivity index (χ3v) is 2.07. The first-order chi connectivity index (χ1) is 7.06. The van der Waals surface area contributed by atoms with Crippen LogP contribution in [0.3, 0.4) is 0 Å². The molecule has 3 nitrogen and oxygen atoms in total. The van der Waals surface area contributed by atoms with E-state index in [2.05, 4.69) is 6.92 Å². The molecule has 1 N–H and O–H groups in total. The summed E-state index contributed by atoms with van der Waals surface area (Å²) in [6.45, 7) is 9.34. The van der Waals surface area contributed by atoms with Crippen molar-refractivity contribution in [2.75, 3.05) is 19.8 Å². The molecule has 0 aromatic heterocycles. The Balaban J connectivity index is 3.41. The fourth-order valence-corrected chi connectivity index (χ4v) is 0.871. The predicted octanol–water partition coefficient (Wildman–Crippen LogP) is 2.15. The molecule has 2 atom stereocenters. The van der Waals surface area contributed by atoms with Crippen molar-refractivity contribution in [2.45, 2.75) is 46.3 Å². The van der Waals surface area contributed by atoms with Crippen LogP contribution in [0.15, 0.2) is 11.6 Å². The molecule has 0 rings (SSSR count). The number of aliphatic hydroxyl groups is 1. The number of aliphatic hydroxyl groups excluding tert-OH is 1. The molecule has 0 fully saturated rings. The van der Waals surface area contributed by atoms with Crippen LogP contribution in [0, 0.1) is 0 Å². The van der Waals surface area contributed by atoms with Crippen LogP contribution in [-0.4, -0.2) is 37.1 Å². The highest BCUT2D eigenvalue weighted by Crippen LogP contribution is 1.98. The van der Waals surface area contributed by atoms with E-state index in [1.165, 1.54) is 5.57 Å². The van der Waals surface area contributed by atoms with Crippen molar-refractivity contribution in [2.24, 2.45) is 0 Å². The molecule has 0 saturated heterocycles. The van der Waals surface area contributed by atoms with Gasteiger partial charge in [0, 0.05) is 0 Å². The van der Waals surface area contributed by atoms with E-state index in [0.717, 1.165) is 6.42 Å². The van der Waals surface area contributed by atoms with Gasteiger partial charge < -0.3 is 14.6 Å². The van der Waals surface area contributed by atoms with Crippen molar-refractivity contribution in [3.8, 4) is 0 Å². The van der Waals surface area contributed by atoms with Crippen molar-refractivity contribution in [1.29, 1.82) is 0 Å². The highest BCUT2D eigenvalue weighted by atomic mass is 16.5. The van der Waals surface area contributed by atoms with E-state index < -0.39 is 6.10 Å². The molecule has 0 aromatic carbocycles. The van der Waals surface area contributed by atoms with Crippen LogP contribution in [0.25, 0.3) is 0 Å². The average molecular weight is 216 g/mol. The second-order valence-electron chi connectivity index (χ2n) is 4.02. The van der Waals surface area contributed by atoms with Gasteiger partial charge in [-0.25, -0.2) is 0 Å². The summed E-state index contributed by atoms with van der Waals surface area (Å²) in [7, 11) is 0. The van der Waals surface area contributed by atoms with Gasteiger partial charge in [0.25, 0.3) is 0 Å². The Morgan fingerprint density at radius 1 is 1.33 bits per heavy atom. The molecule has 2 unspecified atom stereocenters. The van der Waals surface area contributed by atoms with Gasteiger partial charge in [-0.2, -0.15) is 0 Å². The van der Waals surface area contributed by atoms with Crippen molar-refractivity contribution in [3.63, 3.8) is 0 Å². The summed E-state index contributed by atoms with van der Waals surface area (Å²) in [5.74, 6) is 0.